The molecule has 4 nitrogen and oxygen atoms in total. The number of thiophene rings is 1. The van der Waals surface area contributed by atoms with Crippen molar-refractivity contribution in [2.24, 2.45) is 0 Å². The summed E-state index contributed by atoms with van der Waals surface area (Å²) in [6, 6.07) is 0. The van der Waals surface area contributed by atoms with Crippen LogP contribution in [0.3, 0.4) is 0 Å². The minimum absolute atomic E-state index is 0.127. The van der Waals surface area contributed by atoms with Crippen LogP contribution in [0.5, 0.6) is 0 Å². The lowest BCUT2D eigenvalue weighted by atomic mass is 10.2. The maximum atomic E-state index is 11.3. The van der Waals surface area contributed by atoms with E-state index < -0.39 is 9.84 Å². The van der Waals surface area contributed by atoms with Gasteiger partial charge in [0.25, 0.3) is 0 Å². The Hall–Kier alpha value is -0.880. The van der Waals surface area contributed by atoms with E-state index in [-0.39, 0.29) is 12.4 Å². The lowest BCUT2D eigenvalue weighted by Crippen LogP contribution is -2.05. The molecule has 0 radical (unpaired) electrons. The van der Waals surface area contributed by atoms with Crippen molar-refractivity contribution >= 4 is 27.1 Å². The average Bonchev–Trinajstić information content (AvgIpc) is 2.47. The van der Waals surface area contributed by atoms with Gasteiger partial charge in [-0.05, 0) is 12.5 Å². The molecule has 0 aliphatic rings. The minimum Gasteiger partial charge on any atom is -0.469 e. The Balaban J connectivity index is 3.05. The number of rotatable bonds is 3. The second kappa shape index (κ2) is 4.32. The zero-order chi connectivity index (χ0) is 11.6. The average molecular weight is 248 g/mol. The molecule has 1 aromatic heterocycles. The molecule has 15 heavy (non-hydrogen) atoms. The fourth-order valence-electron chi connectivity index (χ4n) is 1.18. The molecule has 0 saturated carbocycles. The number of carbonyl (C=O) groups excluding carboxylic acids is 1. The molecule has 0 atom stereocenters. The van der Waals surface area contributed by atoms with E-state index in [0.717, 1.165) is 11.1 Å². The number of ether oxygens (including phenoxy) is 1. The SMILES string of the molecule is COC(=O)Cc1scc(S(C)(=O)=O)c1C. The topological polar surface area (TPSA) is 60.4 Å². The van der Waals surface area contributed by atoms with Gasteiger partial charge in [-0.3, -0.25) is 4.79 Å². The van der Waals surface area contributed by atoms with Crippen LogP contribution >= 0.6 is 11.3 Å². The Morgan fingerprint density at radius 3 is 2.53 bits per heavy atom. The van der Waals surface area contributed by atoms with Crippen LogP contribution in [0.15, 0.2) is 10.3 Å². The molecule has 0 saturated heterocycles. The highest BCUT2D eigenvalue weighted by atomic mass is 32.2. The normalized spacial score (nSPS) is 11.4. The van der Waals surface area contributed by atoms with Gasteiger partial charge in [0.15, 0.2) is 9.84 Å². The summed E-state index contributed by atoms with van der Waals surface area (Å²) in [5, 5.41) is 1.56. The summed E-state index contributed by atoms with van der Waals surface area (Å²) in [4.78, 5) is 12.1. The van der Waals surface area contributed by atoms with E-state index in [0.29, 0.717) is 10.5 Å². The molecule has 0 unspecified atom stereocenters. The first-order chi connectivity index (χ1) is 6.86. The van der Waals surface area contributed by atoms with Gasteiger partial charge in [0.1, 0.15) is 0 Å². The highest BCUT2D eigenvalue weighted by Crippen LogP contribution is 2.26. The number of hydrogen-bond donors (Lipinski definition) is 0. The fraction of sp³-hybridized carbons (Fsp3) is 0.444. The molecule has 0 spiro atoms. The van der Waals surface area contributed by atoms with E-state index >= 15 is 0 Å². The van der Waals surface area contributed by atoms with Crippen LogP contribution in [0, 0.1) is 6.92 Å². The van der Waals surface area contributed by atoms with E-state index in [1.807, 2.05) is 0 Å². The molecule has 0 aliphatic heterocycles. The van der Waals surface area contributed by atoms with Crippen LogP contribution < -0.4 is 0 Å². The van der Waals surface area contributed by atoms with Gasteiger partial charge in [-0.1, -0.05) is 0 Å². The highest BCUT2D eigenvalue weighted by Gasteiger charge is 2.17. The van der Waals surface area contributed by atoms with Crippen LogP contribution in [0.25, 0.3) is 0 Å². The monoisotopic (exact) mass is 248 g/mol. The number of esters is 1. The molecule has 0 amide bonds. The molecular formula is C9H12O4S2. The zero-order valence-electron chi connectivity index (χ0n) is 8.73. The standard InChI is InChI=1S/C9H12O4S2/c1-6-7(4-9(10)13-2)14-5-8(6)15(3,11)12/h5H,4H2,1-3H3. The van der Waals surface area contributed by atoms with Crippen molar-refractivity contribution in [3.63, 3.8) is 0 Å². The Labute approximate surface area is 92.8 Å². The smallest absolute Gasteiger partial charge is 0.310 e. The number of carbonyl (C=O) groups is 1. The molecule has 84 valence electrons. The van der Waals surface area contributed by atoms with Crippen LogP contribution in [0.1, 0.15) is 10.4 Å². The van der Waals surface area contributed by atoms with Gasteiger partial charge in [0.2, 0.25) is 0 Å². The van der Waals surface area contributed by atoms with Crippen molar-refractivity contribution in [3.8, 4) is 0 Å². The van der Waals surface area contributed by atoms with E-state index in [1.165, 1.54) is 18.4 Å². The summed E-state index contributed by atoms with van der Waals surface area (Å²) < 4.78 is 27.1. The lowest BCUT2D eigenvalue weighted by molar-refractivity contribution is -0.139. The Morgan fingerprint density at radius 1 is 1.53 bits per heavy atom. The Bertz CT molecular complexity index is 470. The van der Waals surface area contributed by atoms with Crippen LogP contribution in [0.2, 0.25) is 0 Å². The molecular weight excluding hydrogens is 236 g/mol. The predicted octanol–water partition coefficient (Wildman–Crippen LogP) is 1.18. The summed E-state index contributed by atoms with van der Waals surface area (Å²) >= 11 is 1.27. The third-order valence-corrected chi connectivity index (χ3v) is 4.49. The lowest BCUT2D eigenvalue weighted by Gasteiger charge is -1.99. The fourth-order valence-corrected chi connectivity index (χ4v) is 3.68. The first kappa shape index (κ1) is 12.2. The molecule has 0 aliphatic carbocycles. The van der Waals surface area contributed by atoms with E-state index in [4.69, 9.17) is 0 Å². The van der Waals surface area contributed by atoms with Gasteiger partial charge < -0.3 is 4.74 Å². The van der Waals surface area contributed by atoms with E-state index in [1.54, 1.807) is 12.3 Å². The molecule has 0 N–H and O–H groups in total. The Morgan fingerprint density at radius 2 is 2.13 bits per heavy atom. The predicted molar refractivity (Wildman–Crippen MR) is 57.9 cm³/mol. The summed E-state index contributed by atoms with van der Waals surface area (Å²) in [6.07, 6.45) is 1.28. The highest BCUT2D eigenvalue weighted by molar-refractivity contribution is 7.90. The van der Waals surface area contributed by atoms with Crippen molar-refractivity contribution < 1.29 is 17.9 Å². The second-order valence-corrected chi connectivity index (χ2v) is 6.12. The van der Waals surface area contributed by atoms with Gasteiger partial charge in [0, 0.05) is 16.5 Å². The first-order valence-electron chi connectivity index (χ1n) is 4.20. The molecule has 0 fully saturated rings. The van der Waals surface area contributed by atoms with E-state index in [2.05, 4.69) is 4.74 Å². The summed E-state index contributed by atoms with van der Waals surface area (Å²) in [7, 11) is -1.89. The van der Waals surface area contributed by atoms with Crippen LogP contribution in [-0.4, -0.2) is 27.8 Å². The summed E-state index contributed by atoms with van der Waals surface area (Å²) in [5.41, 5.74) is 0.646. The Kier molecular flexibility index (Phi) is 3.51. The van der Waals surface area contributed by atoms with Crippen molar-refractivity contribution in [2.75, 3.05) is 13.4 Å². The maximum Gasteiger partial charge on any atom is 0.310 e. The van der Waals surface area contributed by atoms with Gasteiger partial charge in [0.05, 0.1) is 18.4 Å². The molecule has 0 aromatic carbocycles. The van der Waals surface area contributed by atoms with Crippen molar-refractivity contribution in [3.05, 3.63) is 15.8 Å². The zero-order valence-corrected chi connectivity index (χ0v) is 10.4. The van der Waals surface area contributed by atoms with Gasteiger partial charge in [-0.15, -0.1) is 11.3 Å². The largest absolute Gasteiger partial charge is 0.469 e. The van der Waals surface area contributed by atoms with Crippen LogP contribution in [0.4, 0.5) is 0 Å². The molecule has 1 heterocycles. The molecule has 1 aromatic rings. The third kappa shape index (κ3) is 2.79. The summed E-state index contributed by atoms with van der Waals surface area (Å²) in [6.45, 7) is 1.70. The van der Waals surface area contributed by atoms with Gasteiger partial charge in [-0.2, -0.15) is 0 Å². The minimum atomic E-state index is -3.20. The maximum absolute atomic E-state index is 11.3. The molecule has 0 bridgehead atoms. The third-order valence-electron chi connectivity index (χ3n) is 2.03. The number of methoxy groups -OCH3 is 1. The van der Waals surface area contributed by atoms with Gasteiger partial charge in [-0.25, -0.2) is 8.42 Å². The van der Waals surface area contributed by atoms with Crippen molar-refractivity contribution in [1.29, 1.82) is 0 Å². The molecule has 1 rings (SSSR count). The van der Waals surface area contributed by atoms with Crippen molar-refractivity contribution in [1.82, 2.24) is 0 Å². The van der Waals surface area contributed by atoms with Gasteiger partial charge >= 0.3 is 5.97 Å². The van der Waals surface area contributed by atoms with Crippen molar-refractivity contribution in [2.45, 2.75) is 18.2 Å². The first-order valence-corrected chi connectivity index (χ1v) is 6.97. The van der Waals surface area contributed by atoms with Crippen LogP contribution in [-0.2, 0) is 25.8 Å². The van der Waals surface area contributed by atoms with E-state index in [9.17, 15) is 13.2 Å². The molecule has 6 heteroatoms. The quantitative estimate of drug-likeness (QED) is 0.753. The number of sulfone groups is 1. The second-order valence-electron chi connectivity index (χ2n) is 3.17. The summed E-state index contributed by atoms with van der Waals surface area (Å²) in [5.74, 6) is -0.361. The number of hydrogen-bond acceptors (Lipinski definition) is 5.